The predicted molar refractivity (Wildman–Crippen MR) is 177 cm³/mol. The monoisotopic (exact) mass is 600 g/mol. The van der Waals surface area contributed by atoms with Crippen LogP contribution in [0.4, 0.5) is 0 Å². The van der Waals surface area contributed by atoms with Crippen LogP contribution in [0, 0.1) is 5.92 Å². The van der Waals surface area contributed by atoms with Gasteiger partial charge in [0.2, 0.25) is 0 Å². The SMILES string of the molecule is CC(C)Cc1nn(C)c(=O)c2c(-c3cccc(CO[Si](C)(C)C(C)(C)C)c3)n(Cc3cc(Cl)nc4ccccc34)cc12. The molecule has 8 heteroatoms. The highest BCUT2D eigenvalue weighted by molar-refractivity contribution is 6.74. The third kappa shape index (κ3) is 5.96. The number of nitrogens with zero attached hydrogens (tertiary/aromatic N) is 4. The first-order chi connectivity index (χ1) is 19.7. The van der Waals surface area contributed by atoms with Crippen molar-refractivity contribution in [2.75, 3.05) is 0 Å². The number of para-hydroxylation sites is 1. The molecule has 0 saturated carbocycles. The number of fused-ring (bicyclic) bond motifs is 2. The second-order valence-electron chi connectivity index (χ2n) is 13.2. The van der Waals surface area contributed by atoms with E-state index in [0.29, 0.717) is 29.6 Å². The van der Waals surface area contributed by atoms with Gasteiger partial charge in [0, 0.05) is 30.6 Å². The van der Waals surface area contributed by atoms with Crippen LogP contribution in [0.5, 0.6) is 0 Å². The van der Waals surface area contributed by atoms with Crippen LogP contribution in [0.2, 0.25) is 23.3 Å². The third-order valence-corrected chi connectivity index (χ3v) is 13.2. The minimum absolute atomic E-state index is 0.105. The number of hydrogen-bond donors (Lipinski definition) is 0. The lowest BCUT2D eigenvalue weighted by atomic mass is 10.0. The molecule has 0 saturated heterocycles. The molecule has 2 aromatic carbocycles. The zero-order chi connectivity index (χ0) is 30.4. The van der Waals surface area contributed by atoms with Gasteiger partial charge in [-0.05, 0) is 65.4 Å². The van der Waals surface area contributed by atoms with Crippen molar-refractivity contribution in [1.82, 2.24) is 19.3 Å². The van der Waals surface area contributed by atoms with Gasteiger partial charge in [0.05, 0.1) is 28.9 Å². The Morgan fingerprint density at radius 1 is 1.02 bits per heavy atom. The van der Waals surface area contributed by atoms with Crippen LogP contribution < -0.4 is 5.56 Å². The molecule has 5 aromatic rings. The summed E-state index contributed by atoms with van der Waals surface area (Å²) in [6, 6.07) is 18.4. The maximum absolute atomic E-state index is 13.8. The van der Waals surface area contributed by atoms with Gasteiger partial charge in [-0.3, -0.25) is 4.79 Å². The number of hydrogen-bond acceptors (Lipinski definition) is 4. The molecule has 0 unspecified atom stereocenters. The van der Waals surface area contributed by atoms with Gasteiger partial charge < -0.3 is 8.99 Å². The fraction of sp³-hybridized carbons (Fsp3) is 0.382. The first-order valence-corrected chi connectivity index (χ1v) is 17.9. The molecule has 6 nitrogen and oxygen atoms in total. The largest absolute Gasteiger partial charge is 0.413 e. The van der Waals surface area contributed by atoms with Crippen LogP contribution in [0.15, 0.2) is 65.6 Å². The van der Waals surface area contributed by atoms with Crippen molar-refractivity contribution in [1.29, 1.82) is 0 Å². The smallest absolute Gasteiger partial charge is 0.276 e. The molecule has 0 radical (unpaired) electrons. The summed E-state index contributed by atoms with van der Waals surface area (Å²) in [4.78, 5) is 18.3. The van der Waals surface area contributed by atoms with Gasteiger partial charge in [-0.25, -0.2) is 9.67 Å². The van der Waals surface area contributed by atoms with Crippen LogP contribution in [-0.4, -0.2) is 27.6 Å². The molecule has 0 fully saturated rings. The van der Waals surface area contributed by atoms with E-state index in [1.807, 2.05) is 24.3 Å². The minimum Gasteiger partial charge on any atom is -0.413 e. The summed E-state index contributed by atoms with van der Waals surface area (Å²) in [6.45, 7) is 16.7. The highest BCUT2D eigenvalue weighted by Gasteiger charge is 2.37. The zero-order valence-corrected chi connectivity index (χ0v) is 27.7. The molecule has 3 aromatic heterocycles. The normalized spacial score (nSPS) is 12.6. The summed E-state index contributed by atoms with van der Waals surface area (Å²) in [5.74, 6) is 0.392. The Bertz CT molecular complexity index is 1830. The summed E-state index contributed by atoms with van der Waals surface area (Å²) in [5, 5.41) is 7.90. The van der Waals surface area contributed by atoms with Crippen molar-refractivity contribution in [3.8, 4) is 11.3 Å². The topological polar surface area (TPSA) is 61.9 Å². The standard InChI is InChI=1S/C34H41ClN4O2Si/c1-22(2)16-29-27-20-39(19-25-18-30(35)36-28-15-10-9-14-26(25)28)32(31(27)33(40)38(6)37-29)24-13-11-12-23(17-24)21-41-42(7,8)34(3,4)5/h9-15,17-18,20,22H,16,19,21H2,1-8H3. The maximum Gasteiger partial charge on any atom is 0.276 e. The van der Waals surface area contributed by atoms with E-state index in [1.54, 1.807) is 7.05 Å². The van der Waals surface area contributed by atoms with Gasteiger partial charge in [0.25, 0.3) is 5.56 Å². The fourth-order valence-corrected chi connectivity index (χ4v) is 6.40. The first kappa shape index (κ1) is 30.2. The van der Waals surface area contributed by atoms with E-state index in [2.05, 4.69) is 93.8 Å². The molecular weight excluding hydrogens is 560 g/mol. The Kier molecular flexibility index (Phi) is 8.22. The molecular formula is C34H41ClN4O2Si. The molecule has 0 aliphatic heterocycles. The second kappa shape index (κ2) is 11.4. The fourth-order valence-electron chi connectivity index (χ4n) is 5.22. The molecule has 0 atom stereocenters. The summed E-state index contributed by atoms with van der Waals surface area (Å²) >= 11 is 6.48. The van der Waals surface area contributed by atoms with Crippen molar-refractivity contribution in [2.24, 2.45) is 13.0 Å². The maximum atomic E-state index is 13.8. The molecule has 0 amide bonds. The molecule has 0 spiro atoms. The summed E-state index contributed by atoms with van der Waals surface area (Å²) in [6.07, 6.45) is 2.87. The summed E-state index contributed by atoms with van der Waals surface area (Å²) in [5.41, 5.74) is 5.66. The molecule has 0 N–H and O–H groups in total. The van der Waals surface area contributed by atoms with Crippen LogP contribution >= 0.6 is 11.6 Å². The summed E-state index contributed by atoms with van der Waals surface area (Å²) in [7, 11) is -0.191. The highest BCUT2D eigenvalue weighted by Crippen LogP contribution is 2.38. The van der Waals surface area contributed by atoms with Gasteiger partial charge in [-0.1, -0.05) is 82.6 Å². The lowest BCUT2D eigenvalue weighted by molar-refractivity contribution is 0.276. The Labute approximate surface area is 254 Å². The van der Waals surface area contributed by atoms with Crippen molar-refractivity contribution in [2.45, 2.75) is 72.3 Å². The summed E-state index contributed by atoms with van der Waals surface area (Å²) < 4.78 is 10.2. The van der Waals surface area contributed by atoms with E-state index in [4.69, 9.17) is 21.1 Å². The van der Waals surface area contributed by atoms with Crippen molar-refractivity contribution in [3.63, 3.8) is 0 Å². The van der Waals surface area contributed by atoms with Crippen LogP contribution in [0.3, 0.4) is 0 Å². The van der Waals surface area contributed by atoms with E-state index in [0.717, 1.165) is 50.8 Å². The highest BCUT2D eigenvalue weighted by atomic mass is 35.5. The number of halogens is 1. The molecule has 0 aliphatic rings. The number of pyridine rings is 1. The van der Waals surface area contributed by atoms with E-state index in [9.17, 15) is 4.79 Å². The van der Waals surface area contributed by atoms with Crippen molar-refractivity contribution < 1.29 is 4.43 Å². The van der Waals surface area contributed by atoms with Gasteiger partial charge in [-0.2, -0.15) is 5.10 Å². The average Bonchev–Trinajstić information content (AvgIpc) is 3.29. The van der Waals surface area contributed by atoms with Crippen LogP contribution in [0.1, 0.15) is 51.4 Å². The van der Waals surface area contributed by atoms with E-state index in [-0.39, 0.29) is 10.6 Å². The molecule has 220 valence electrons. The van der Waals surface area contributed by atoms with Crippen molar-refractivity contribution >= 4 is 41.6 Å². The van der Waals surface area contributed by atoms with Gasteiger partial charge in [0.1, 0.15) is 5.15 Å². The number of rotatable bonds is 8. The quantitative estimate of drug-likeness (QED) is 0.133. The molecule has 3 heterocycles. The van der Waals surface area contributed by atoms with Crippen molar-refractivity contribution in [3.05, 3.63) is 93.1 Å². The van der Waals surface area contributed by atoms with Crippen LogP contribution in [-0.2, 0) is 31.0 Å². The van der Waals surface area contributed by atoms with E-state index >= 15 is 0 Å². The number of benzene rings is 2. The van der Waals surface area contributed by atoms with E-state index < -0.39 is 8.32 Å². The minimum atomic E-state index is -1.93. The molecule has 42 heavy (non-hydrogen) atoms. The van der Waals surface area contributed by atoms with Gasteiger partial charge in [0.15, 0.2) is 8.32 Å². The lowest BCUT2D eigenvalue weighted by Crippen LogP contribution is -2.40. The Morgan fingerprint density at radius 3 is 2.48 bits per heavy atom. The number of aromatic nitrogens is 4. The average molecular weight is 601 g/mol. The molecule has 0 aliphatic carbocycles. The zero-order valence-electron chi connectivity index (χ0n) is 26.0. The Balaban J connectivity index is 1.70. The van der Waals surface area contributed by atoms with E-state index in [1.165, 1.54) is 4.68 Å². The molecule has 5 rings (SSSR count). The lowest BCUT2D eigenvalue weighted by Gasteiger charge is -2.36. The Morgan fingerprint density at radius 2 is 1.76 bits per heavy atom. The third-order valence-electron chi connectivity index (χ3n) is 8.49. The predicted octanol–water partition coefficient (Wildman–Crippen LogP) is 8.37. The first-order valence-electron chi connectivity index (χ1n) is 14.6. The van der Waals surface area contributed by atoms with Gasteiger partial charge in [-0.15, -0.1) is 0 Å². The van der Waals surface area contributed by atoms with Crippen LogP contribution in [0.25, 0.3) is 32.9 Å². The number of aryl methyl sites for hydroxylation is 1. The van der Waals surface area contributed by atoms with Gasteiger partial charge >= 0.3 is 0 Å². The second-order valence-corrected chi connectivity index (χ2v) is 18.4. The molecule has 0 bridgehead atoms. The Hall–Kier alpha value is -3.26.